The van der Waals surface area contributed by atoms with Crippen LogP contribution in [0.4, 0.5) is 0 Å². The number of nitrogens with zero attached hydrogens (tertiary/aromatic N) is 3. The molecule has 1 aliphatic heterocycles. The average molecular weight is 348 g/mol. The van der Waals surface area contributed by atoms with E-state index >= 15 is 0 Å². The fraction of sp³-hybridized carbons (Fsp3) is 0.556. The summed E-state index contributed by atoms with van der Waals surface area (Å²) in [5.74, 6) is 2.42. The number of benzene rings is 1. The molecule has 1 aliphatic rings. The molecule has 0 atom stereocenters. The summed E-state index contributed by atoms with van der Waals surface area (Å²) in [5, 5.41) is 3.33. The lowest BCUT2D eigenvalue weighted by Gasteiger charge is -2.36. The number of carbonyl (C=O) groups is 1. The van der Waals surface area contributed by atoms with Gasteiger partial charge in [-0.05, 0) is 24.6 Å². The summed E-state index contributed by atoms with van der Waals surface area (Å²) >= 11 is 0. The summed E-state index contributed by atoms with van der Waals surface area (Å²) in [6.45, 7) is 8.07. The highest BCUT2D eigenvalue weighted by Crippen LogP contribution is 2.27. The van der Waals surface area contributed by atoms with Gasteiger partial charge in [0.15, 0.2) is 17.5 Å². The number of carbonyl (C=O) groups excluding carboxylic acids is 1. The Morgan fingerprint density at radius 3 is 2.32 bits per heavy atom. The van der Waals surface area contributed by atoms with E-state index in [-0.39, 0.29) is 5.91 Å². The van der Waals surface area contributed by atoms with Gasteiger partial charge in [-0.1, -0.05) is 6.07 Å². The third-order valence-electron chi connectivity index (χ3n) is 4.22. The number of piperazine rings is 1. The Hall–Kier alpha value is -2.44. The van der Waals surface area contributed by atoms with Crippen molar-refractivity contribution in [3.63, 3.8) is 0 Å². The number of hydrogen-bond donors (Lipinski definition) is 1. The molecular weight excluding hydrogens is 320 g/mol. The quantitative estimate of drug-likeness (QED) is 0.642. The van der Waals surface area contributed by atoms with Gasteiger partial charge < -0.3 is 24.6 Å². The van der Waals surface area contributed by atoms with E-state index in [1.165, 1.54) is 0 Å². The molecule has 1 aromatic carbocycles. The summed E-state index contributed by atoms with van der Waals surface area (Å²) in [6, 6.07) is 5.82. The molecule has 7 nitrogen and oxygen atoms in total. The van der Waals surface area contributed by atoms with Crippen molar-refractivity contribution in [2.24, 2.45) is 4.99 Å². The van der Waals surface area contributed by atoms with Crippen LogP contribution in [0.2, 0.25) is 0 Å². The fourth-order valence-electron chi connectivity index (χ4n) is 2.80. The van der Waals surface area contributed by atoms with E-state index in [9.17, 15) is 4.79 Å². The molecule has 2 rings (SSSR count). The van der Waals surface area contributed by atoms with Crippen molar-refractivity contribution >= 4 is 11.9 Å². The number of methoxy groups -OCH3 is 2. The number of rotatable bonds is 5. The van der Waals surface area contributed by atoms with E-state index in [1.807, 2.05) is 23.1 Å². The molecule has 0 spiro atoms. The van der Waals surface area contributed by atoms with Crippen LogP contribution in [-0.2, 0) is 11.3 Å². The van der Waals surface area contributed by atoms with E-state index in [0.717, 1.165) is 44.2 Å². The Kier molecular flexibility index (Phi) is 6.91. The minimum absolute atomic E-state index is 0.131. The predicted octanol–water partition coefficient (Wildman–Crippen LogP) is 1.33. The van der Waals surface area contributed by atoms with Gasteiger partial charge in [-0.25, -0.2) is 4.99 Å². The van der Waals surface area contributed by atoms with Gasteiger partial charge >= 0.3 is 0 Å². The predicted molar refractivity (Wildman–Crippen MR) is 98.2 cm³/mol. The molecule has 1 saturated heterocycles. The van der Waals surface area contributed by atoms with Crippen LogP contribution < -0.4 is 14.8 Å². The molecule has 0 aliphatic carbocycles. The van der Waals surface area contributed by atoms with Crippen molar-refractivity contribution in [2.45, 2.75) is 20.4 Å². The van der Waals surface area contributed by atoms with Crippen LogP contribution in [0.5, 0.6) is 11.5 Å². The van der Waals surface area contributed by atoms with Gasteiger partial charge in [-0.3, -0.25) is 4.79 Å². The standard InChI is InChI=1S/C18H28N4O3/c1-5-19-18(22-10-8-21(9-11-22)14(2)23)20-13-15-6-7-16(24-3)17(12-15)25-4/h6-7,12H,5,8-11,13H2,1-4H3,(H,19,20). The van der Waals surface area contributed by atoms with Gasteiger partial charge in [0.25, 0.3) is 0 Å². The number of guanidine groups is 1. The summed E-state index contributed by atoms with van der Waals surface area (Å²) in [5.41, 5.74) is 1.05. The molecule has 138 valence electrons. The third-order valence-corrected chi connectivity index (χ3v) is 4.22. The molecule has 1 heterocycles. The van der Waals surface area contributed by atoms with Gasteiger partial charge in [0.05, 0.1) is 20.8 Å². The second-order valence-corrected chi connectivity index (χ2v) is 5.85. The van der Waals surface area contributed by atoms with Gasteiger partial charge in [0.1, 0.15) is 0 Å². The Morgan fingerprint density at radius 2 is 1.76 bits per heavy atom. The van der Waals surface area contributed by atoms with E-state index < -0.39 is 0 Å². The van der Waals surface area contributed by atoms with Crippen molar-refractivity contribution in [3.05, 3.63) is 23.8 Å². The number of aliphatic imine (C=N–C) groups is 1. The minimum Gasteiger partial charge on any atom is -0.493 e. The van der Waals surface area contributed by atoms with E-state index in [2.05, 4.69) is 17.1 Å². The number of amides is 1. The van der Waals surface area contributed by atoms with Crippen LogP contribution in [0, 0.1) is 0 Å². The maximum atomic E-state index is 11.5. The highest BCUT2D eigenvalue weighted by molar-refractivity contribution is 5.80. The maximum absolute atomic E-state index is 11.5. The lowest BCUT2D eigenvalue weighted by atomic mass is 10.2. The smallest absolute Gasteiger partial charge is 0.219 e. The molecule has 1 fully saturated rings. The zero-order valence-electron chi connectivity index (χ0n) is 15.5. The van der Waals surface area contributed by atoms with Gasteiger partial charge in [-0.2, -0.15) is 0 Å². The number of hydrogen-bond acceptors (Lipinski definition) is 4. The maximum Gasteiger partial charge on any atom is 0.219 e. The SMILES string of the molecule is CCNC(=NCc1ccc(OC)c(OC)c1)N1CCN(C(C)=O)CC1. The Bertz CT molecular complexity index is 610. The van der Waals surface area contributed by atoms with Crippen LogP contribution in [0.3, 0.4) is 0 Å². The van der Waals surface area contributed by atoms with Crippen molar-refractivity contribution in [3.8, 4) is 11.5 Å². The Balaban J connectivity index is 2.06. The fourth-order valence-corrected chi connectivity index (χ4v) is 2.80. The molecular formula is C18H28N4O3. The molecule has 1 aromatic rings. The largest absolute Gasteiger partial charge is 0.493 e. The van der Waals surface area contributed by atoms with E-state index in [4.69, 9.17) is 14.5 Å². The van der Waals surface area contributed by atoms with Crippen molar-refractivity contribution < 1.29 is 14.3 Å². The molecule has 0 radical (unpaired) electrons. The molecule has 7 heteroatoms. The van der Waals surface area contributed by atoms with Crippen LogP contribution in [0.15, 0.2) is 23.2 Å². The molecule has 25 heavy (non-hydrogen) atoms. The number of nitrogens with one attached hydrogen (secondary N) is 1. The van der Waals surface area contributed by atoms with Crippen molar-refractivity contribution in [2.75, 3.05) is 46.9 Å². The summed E-state index contributed by atoms with van der Waals surface area (Å²) in [6.07, 6.45) is 0. The Morgan fingerprint density at radius 1 is 1.12 bits per heavy atom. The zero-order chi connectivity index (χ0) is 18.2. The highest BCUT2D eigenvalue weighted by Gasteiger charge is 2.20. The third kappa shape index (κ3) is 5.01. The Labute approximate surface area is 149 Å². The van der Waals surface area contributed by atoms with Crippen LogP contribution in [0.25, 0.3) is 0 Å². The molecule has 0 aromatic heterocycles. The molecule has 0 saturated carbocycles. The first kappa shape index (κ1) is 18.9. The summed E-state index contributed by atoms with van der Waals surface area (Å²) in [4.78, 5) is 20.3. The molecule has 0 bridgehead atoms. The lowest BCUT2D eigenvalue weighted by molar-refractivity contribution is -0.130. The van der Waals surface area contributed by atoms with Crippen LogP contribution >= 0.6 is 0 Å². The first-order chi connectivity index (χ1) is 12.1. The highest BCUT2D eigenvalue weighted by atomic mass is 16.5. The first-order valence-electron chi connectivity index (χ1n) is 8.58. The normalized spacial score (nSPS) is 15.1. The molecule has 0 unspecified atom stereocenters. The monoisotopic (exact) mass is 348 g/mol. The number of ether oxygens (including phenoxy) is 2. The summed E-state index contributed by atoms with van der Waals surface area (Å²) in [7, 11) is 3.25. The first-order valence-corrected chi connectivity index (χ1v) is 8.58. The second kappa shape index (κ2) is 9.15. The van der Waals surface area contributed by atoms with E-state index in [1.54, 1.807) is 21.1 Å². The average Bonchev–Trinajstić information content (AvgIpc) is 2.64. The van der Waals surface area contributed by atoms with Crippen molar-refractivity contribution in [1.29, 1.82) is 0 Å². The summed E-state index contributed by atoms with van der Waals surface area (Å²) < 4.78 is 10.6. The minimum atomic E-state index is 0.131. The second-order valence-electron chi connectivity index (χ2n) is 5.85. The topological polar surface area (TPSA) is 66.4 Å². The van der Waals surface area contributed by atoms with E-state index in [0.29, 0.717) is 18.0 Å². The molecule has 1 N–H and O–H groups in total. The molecule has 1 amide bonds. The van der Waals surface area contributed by atoms with Gasteiger partial charge in [0.2, 0.25) is 5.91 Å². The zero-order valence-corrected chi connectivity index (χ0v) is 15.5. The van der Waals surface area contributed by atoms with Crippen LogP contribution in [0.1, 0.15) is 19.4 Å². The van der Waals surface area contributed by atoms with Gasteiger partial charge in [-0.15, -0.1) is 0 Å². The van der Waals surface area contributed by atoms with Crippen LogP contribution in [-0.4, -0.2) is 68.6 Å². The van der Waals surface area contributed by atoms with Crippen molar-refractivity contribution in [1.82, 2.24) is 15.1 Å². The lowest BCUT2D eigenvalue weighted by Crippen LogP contribution is -2.53. The van der Waals surface area contributed by atoms with Gasteiger partial charge in [0, 0.05) is 39.6 Å².